The number of halogens is 2. The lowest BCUT2D eigenvalue weighted by Gasteiger charge is -2.05. The van der Waals surface area contributed by atoms with Gasteiger partial charge in [0, 0.05) is 10.6 Å². The third kappa shape index (κ3) is 2.68. The average Bonchev–Trinajstić information content (AvgIpc) is 2.94. The first-order chi connectivity index (χ1) is 10.5. The van der Waals surface area contributed by atoms with Gasteiger partial charge in [0.15, 0.2) is 5.82 Å². The molecule has 1 N–H and O–H groups in total. The largest absolute Gasteiger partial charge is 0.475 e. The number of nitrogens with zero attached hydrogens (tertiary/aromatic N) is 3. The van der Waals surface area contributed by atoms with Crippen LogP contribution in [-0.4, -0.2) is 25.8 Å². The SMILES string of the molecule is O=C(O)c1nc(-c2ccc(Cl)cc2)n(-c2ccc(F)cc2)n1. The number of rotatable bonds is 3. The number of carboxylic acids is 1. The fourth-order valence-electron chi connectivity index (χ4n) is 1.95. The molecular formula is C15H9ClFN3O2. The molecule has 22 heavy (non-hydrogen) atoms. The Kier molecular flexibility index (Phi) is 3.60. The Morgan fingerprint density at radius 3 is 2.32 bits per heavy atom. The molecule has 3 rings (SSSR count). The van der Waals surface area contributed by atoms with Gasteiger partial charge in [-0.25, -0.2) is 18.9 Å². The van der Waals surface area contributed by atoms with Gasteiger partial charge in [-0.15, -0.1) is 5.10 Å². The zero-order valence-corrected chi connectivity index (χ0v) is 11.8. The van der Waals surface area contributed by atoms with E-state index in [-0.39, 0.29) is 5.82 Å². The van der Waals surface area contributed by atoms with Gasteiger partial charge in [0.25, 0.3) is 5.82 Å². The minimum absolute atomic E-state index is 0.334. The standard InChI is InChI=1S/C15H9ClFN3O2/c16-10-3-1-9(2-4-10)14-18-13(15(21)22)19-20(14)12-7-5-11(17)6-8-12/h1-8H,(H,21,22). The number of benzene rings is 2. The van der Waals surface area contributed by atoms with Crippen molar-refractivity contribution >= 4 is 17.6 Å². The normalized spacial score (nSPS) is 10.6. The summed E-state index contributed by atoms with van der Waals surface area (Å²) in [6.45, 7) is 0. The van der Waals surface area contributed by atoms with Crippen LogP contribution in [0.3, 0.4) is 0 Å². The molecule has 0 unspecified atom stereocenters. The molecule has 2 aromatic carbocycles. The Morgan fingerprint density at radius 1 is 1.09 bits per heavy atom. The molecule has 3 aromatic rings. The van der Waals surface area contributed by atoms with E-state index in [1.54, 1.807) is 24.3 Å². The van der Waals surface area contributed by atoms with E-state index in [1.165, 1.54) is 28.9 Å². The quantitative estimate of drug-likeness (QED) is 0.803. The van der Waals surface area contributed by atoms with E-state index in [2.05, 4.69) is 10.1 Å². The van der Waals surface area contributed by atoms with Gasteiger partial charge in [-0.3, -0.25) is 0 Å². The number of carboxylic acid groups (broad SMARTS) is 1. The molecule has 0 atom stereocenters. The molecule has 0 saturated carbocycles. The molecule has 110 valence electrons. The number of carbonyl (C=O) groups is 1. The monoisotopic (exact) mass is 317 g/mol. The Balaban J connectivity index is 2.17. The number of aromatic nitrogens is 3. The molecule has 0 radical (unpaired) electrons. The molecule has 5 nitrogen and oxygen atoms in total. The second-order valence-corrected chi connectivity index (χ2v) is 4.90. The minimum Gasteiger partial charge on any atom is -0.475 e. The van der Waals surface area contributed by atoms with Crippen LogP contribution in [0.4, 0.5) is 4.39 Å². The van der Waals surface area contributed by atoms with Gasteiger partial charge in [-0.1, -0.05) is 11.6 Å². The summed E-state index contributed by atoms with van der Waals surface area (Å²) < 4.78 is 14.4. The molecule has 0 amide bonds. The average molecular weight is 318 g/mol. The van der Waals surface area contributed by atoms with Crippen LogP contribution in [-0.2, 0) is 0 Å². The van der Waals surface area contributed by atoms with Crippen molar-refractivity contribution in [1.82, 2.24) is 14.8 Å². The fraction of sp³-hybridized carbons (Fsp3) is 0. The van der Waals surface area contributed by atoms with Gasteiger partial charge in [0.2, 0.25) is 0 Å². The lowest BCUT2D eigenvalue weighted by atomic mass is 10.2. The van der Waals surface area contributed by atoms with Crippen LogP contribution in [0.25, 0.3) is 17.1 Å². The van der Waals surface area contributed by atoms with Gasteiger partial charge in [-0.05, 0) is 48.5 Å². The minimum atomic E-state index is -1.24. The van der Waals surface area contributed by atoms with E-state index in [1.807, 2.05) is 0 Å². The third-order valence-corrected chi connectivity index (χ3v) is 3.22. The van der Waals surface area contributed by atoms with Crippen molar-refractivity contribution in [2.45, 2.75) is 0 Å². The van der Waals surface area contributed by atoms with Crippen LogP contribution in [0.5, 0.6) is 0 Å². The van der Waals surface area contributed by atoms with Crippen molar-refractivity contribution < 1.29 is 14.3 Å². The highest BCUT2D eigenvalue weighted by Gasteiger charge is 2.17. The van der Waals surface area contributed by atoms with Gasteiger partial charge in [0.05, 0.1) is 5.69 Å². The van der Waals surface area contributed by atoms with Gasteiger partial charge in [-0.2, -0.15) is 0 Å². The van der Waals surface area contributed by atoms with E-state index in [9.17, 15) is 9.18 Å². The van der Waals surface area contributed by atoms with Crippen LogP contribution in [0, 0.1) is 5.82 Å². The van der Waals surface area contributed by atoms with Crippen molar-refractivity contribution in [2.24, 2.45) is 0 Å². The zero-order chi connectivity index (χ0) is 15.7. The van der Waals surface area contributed by atoms with Gasteiger partial charge >= 0.3 is 5.97 Å². The number of aromatic carboxylic acids is 1. The maximum atomic E-state index is 13.0. The van der Waals surface area contributed by atoms with Crippen molar-refractivity contribution in [3.63, 3.8) is 0 Å². The molecule has 0 aliphatic rings. The van der Waals surface area contributed by atoms with Crippen LogP contribution in [0.2, 0.25) is 5.02 Å². The van der Waals surface area contributed by atoms with E-state index in [0.717, 1.165) is 0 Å². The summed E-state index contributed by atoms with van der Waals surface area (Å²) in [5.41, 5.74) is 1.15. The molecule has 0 spiro atoms. The molecule has 1 heterocycles. The molecule has 0 bridgehead atoms. The van der Waals surface area contributed by atoms with Gasteiger partial charge < -0.3 is 5.11 Å². The highest BCUT2D eigenvalue weighted by molar-refractivity contribution is 6.30. The topological polar surface area (TPSA) is 68.0 Å². The van der Waals surface area contributed by atoms with E-state index >= 15 is 0 Å². The fourth-order valence-corrected chi connectivity index (χ4v) is 2.08. The maximum Gasteiger partial charge on any atom is 0.375 e. The smallest absolute Gasteiger partial charge is 0.375 e. The summed E-state index contributed by atoms with van der Waals surface area (Å²) in [6, 6.07) is 12.3. The highest BCUT2D eigenvalue weighted by atomic mass is 35.5. The summed E-state index contributed by atoms with van der Waals surface area (Å²) in [5, 5.41) is 13.6. The molecule has 0 fully saturated rings. The summed E-state index contributed by atoms with van der Waals surface area (Å²) >= 11 is 5.85. The second-order valence-electron chi connectivity index (χ2n) is 4.46. The zero-order valence-electron chi connectivity index (χ0n) is 11.1. The summed E-state index contributed by atoms with van der Waals surface area (Å²) in [7, 11) is 0. The first-order valence-corrected chi connectivity index (χ1v) is 6.64. The third-order valence-electron chi connectivity index (χ3n) is 2.97. The van der Waals surface area contributed by atoms with Crippen LogP contribution < -0.4 is 0 Å². The van der Waals surface area contributed by atoms with E-state index in [0.29, 0.717) is 22.1 Å². The predicted molar refractivity (Wildman–Crippen MR) is 78.7 cm³/mol. The lowest BCUT2D eigenvalue weighted by Crippen LogP contribution is -2.02. The van der Waals surface area contributed by atoms with Crippen LogP contribution in [0.15, 0.2) is 48.5 Å². The maximum absolute atomic E-state index is 13.0. The molecular weight excluding hydrogens is 309 g/mol. The molecule has 0 aliphatic heterocycles. The van der Waals surface area contributed by atoms with Crippen molar-refractivity contribution in [3.05, 3.63) is 65.2 Å². The number of hydrogen-bond donors (Lipinski definition) is 1. The van der Waals surface area contributed by atoms with Crippen LogP contribution in [0.1, 0.15) is 10.6 Å². The van der Waals surface area contributed by atoms with Crippen LogP contribution >= 0.6 is 11.6 Å². The van der Waals surface area contributed by atoms with E-state index in [4.69, 9.17) is 16.7 Å². The van der Waals surface area contributed by atoms with Crippen molar-refractivity contribution in [1.29, 1.82) is 0 Å². The molecule has 7 heteroatoms. The Morgan fingerprint density at radius 2 is 1.73 bits per heavy atom. The van der Waals surface area contributed by atoms with Crippen molar-refractivity contribution in [2.75, 3.05) is 0 Å². The Hall–Kier alpha value is -2.73. The highest BCUT2D eigenvalue weighted by Crippen LogP contribution is 2.23. The molecule has 0 saturated heterocycles. The summed E-state index contributed by atoms with van der Waals surface area (Å²) in [5.74, 6) is -1.64. The van der Waals surface area contributed by atoms with E-state index < -0.39 is 11.8 Å². The van der Waals surface area contributed by atoms with Gasteiger partial charge in [0.1, 0.15) is 5.82 Å². The summed E-state index contributed by atoms with van der Waals surface area (Å²) in [4.78, 5) is 15.1. The lowest BCUT2D eigenvalue weighted by molar-refractivity contribution is 0.0683. The molecule has 1 aromatic heterocycles. The Bertz CT molecular complexity index is 766. The first-order valence-electron chi connectivity index (χ1n) is 6.27. The Labute approximate surface area is 129 Å². The van der Waals surface area contributed by atoms with Crippen molar-refractivity contribution in [3.8, 4) is 17.1 Å². The summed E-state index contributed by atoms with van der Waals surface area (Å²) in [6.07, 6.45) is 0. The second kappa shape index (κ2) is 5.57. The first kappa shape index (κ1) is 14.2. The predicted octanol–water partition coefficient (Wildman–Crippen LogP) is 3.43. The number of hydrogen-bond acceptors (Lipinski definition) is 3. The molecule has 0 aliphatic carbocycles.